The van der Waals surface area contributed by atoms with Gasteiger partial charge in [-0.1, -0.05) is 17.7 Å². The predicted molar refractivity (Wildman–Crippen MR) is 101 cm³/mol. The molecule has 0 radical (unpaired) electrons. The molecule has 136 valence electrons. The molecule has 0 aliphatic carbocycles. The maximum atomic E-state index is 12.3. The first-order valence-corrected chi connectivity index (χ1v) is 9.40. The van der Waals surface area contributed by atoms with Gasteiger partial charge in [-0.15, -0.1) is 0 Å². The second kappa shape index (κ2) is 8.05. The number of hydrogen-bond acceptors (Lipinski definition) is 3. The van der Waals surface area contributed by atoms with Crippen LogP contribution < -0.4 is 10.1 Å². The maximum absolute atomic E-state index is 12.3. The molecule has 0 saturated carbocycles. The molecule has 4 nitrogen and oxygen atoms in total. The van der Waals surface area contributed by atoms with Crippen LogP contribution in [0.1, 0.15) is 44.6 Å². The van der Waals surface area contributed by atoms with Gasteiger partial charge in [-0.2, -0.15) is 0 Å². The van der Waals surface area contributed by atoms with Crippen LogP contribution in [-0.2, 0) is 11.2 Å². The van der Waals surface area contributed by atoms with Crippen LogP contribution in [-0.4, -0.2) is 43.1 Å². The molecule has 1 N–H and O–H groups in total. The van der Waals surface area contributed by atoms with Gasteiger partial charge in [0.25, 0.3) is 0 Å². The largest absolute Gasteiger partial charge is 0.497 e. The Morgan fingerprint density at radius 1 is 1.28 bits per heavy atom. The SMILES string of the molecule is COc1ccc(CC[C@H](C)NC(=O)C=C2C[C@H]3CC[C@@H](C2)N3C)cc1. The predicted octanol–water partition coefficient (Wildman–Crippen LogP) is 3.32. The van der Waals surface area contributed by atoms with Crippen molar-refractivity contribution in [2.45, 2.75) is 63.6 Å². The fourth-order valence-electron chi connectivity index (χ4n) is 4.11. The monoisotopic (exact) mass is 342 g/mol. The van der Waals surface area contributed by atoms with Crippen molar-refractivity contribution in [3.8, 4) is 5.75 Å². The molecule has 2 saturated heterocycles. The lowest BCUT2D eigenvalue weighted by Gasteiger charge is -2.32. The quantitative estimate of drug-likeness (QED) is 0.807. The number of nitrogens with zero attached hydrogens (tertiary/aromatic N) is 1. The van der Waals surface area contributed by atoms with Gasteiger partial charge in [0.2, 0.25) is 5.91 Å². The molecule has 1 amide bonds. The van der Waals surface area contributed by atoms with Gasteiger partial charge in [-0.05, 0) is 70.2 Å². The fraction of sp³-hybridized carbons (Fsp3) is 0.571. The standard InChI is InChI=1S/C21H30N2O2/c1-15(4-5-16-6-10-20(25-3)11-7-16)22-21(24)14-17-12-18-8-9-19(13-17)23(18)2/h6-7,10-11,14-15,18-19H,4-5,8-9,12-13H2,1-3H3,(H,22,24)/t15-,18-,19+/m0/s1. The zero-order valence-corrected chi connectivity index (χ0v) is 15.6. The number of nitrogens with one attached hydrogen (secondary N) is 1. The molecule has 1 aromatic rings. The smallest absolute Gasteiger partial charge is 0.244 e. The van der Waals surface area contributed by atoms with Crippen molar-refractivity contribution in [3.05, 3.63) is 41.5 Å². The van der Waals surface area contributed by atoms with Crippen molar-refractivity contribution in [1.29, 1.82) is 0 Å². The lowest BCUT2D eigenvalue weighted by Crippen LogP contribution is -2.38. The summed E-state index contributed by atoms with van der Waals surface area (Å²) in [5, 5.41) is 3.13. The minimum absolute atomic E-state index is 0.0705. The summed E-state index contributed by atoms with van der Waals surface area (Å²) < 4.78 is 5.18. The summed E-state index contributed by atoms with van der Waals surface area (Å²) in [5.74, 6) is 0.949. The van der Waals surface area contributed by atoms with Crippen molar-refractivity contribution in [3.63, 3.8) is 0 Å². The van der Waals surface area contributed by atoms with Crippen LogP contribution in [0.4, 0.5) is 0 Å². The summed E-state index contributed by atoms with van der Waals surface area (Å²) >= 11 is 0. The van der Waals surface area contributed by atoms with E-state index >= 15 is 0 Å². The van der Waals surface area contributed by atoms with E-state index < -0.39 is 0 Å². The van der Waals surface area contributed by atoms with E-state index in [1.54, 1.807) is 7.11 Å². The van der Waals surface area contributed by atoms with Crippen molar-refractivity contribution in [1.82, 2.24) is 10.2 Å². The Morgan fingerprint density at radius 3 is 2.52 bits per heavy atom. The van der Waals surface area contributed by atoms with E-state index in [4.69, 9.17) is 4.74 Å². The number of piperidine rings is 1. The van der Waals surface area contributed by atoms with Crippen LogP contribution in [0.5, 0.6) is 5.75 Å². The molecule has 3 atom stereocenters. The van der Waals surface area contributed by atoms with E-state index in [9.17, 15) is 4.79 Å². The number of ether oxygens (including phenoxy) is 1. The van der Waals surface area contributed by atoms with Gasteiger partial charge in [-0.25, -0.2) is 0 Å². The van der Waals surface area contributed by atoms with E-state index in [1.807, 2.05) is 18.2 Å². The second-order valence-electron chi connectivity index (χ2n) is 7.56. The first kappa shape index (κ1) is 18.0. The lowest BCUT2D eigenvalue weighted by molar-refractivity contribution is -0.117. The van der Waals surface area contributed by atoms with E-state index in [-0.39, 0.29) is 11.9 Å². The summed E-state index contributed by atoms with van der Waals surface area (Å²) in [6.45, 7) is 2.08. The van der Waals surface area contributed by atoms with Gasteiger partial charge in [0.05, 0.1) is 7.11 Å². The minimum atomic E-state index is 0.0705. The van der Waals surface area contributed by atoms with Crippen LogP contribution in [0.2, 0.25) is 0 Å². The average molecular weight is 342 g/mol. The Morgan fingerprint density at radius 2 is 1.92 bits per heavy atom. The Hall–Kier alpha value is -1.81. The molecule has 0 unspecified atom stereocenters. The van der Waals surface area contributed by atoms with Gasteiger partial charge in [0.1, 0.15) is 5.75 Å². The molecule has 2 aliphatic heterocycles. The summed E-state index contributed by atoms with van der Waals surface area (Å²) in [4.78, 5) is 14.8. The number of aryl methyl sites for hydroxylation is 1. The third-order valence-electron chi connectivity index (χ3n) is 5.73. The van der Waals surface area contributed by atoms with Crippen molar-refractivity contribution >= 4 is 5.91 Å². The highest BCUT2D eigenvalue weighted by Gasteiger charge is 2.35. The fourth-order valence-corrected chi connectivity index (χ4v) is 4.11. The lowest BCUT2D eigenvalue weighted by atomic mass is 9.97. The molecule has 3 rings (SSSR count). The number of benzene rings is 1. The van der Waals surface area contributed by atoms with Crippen LogP contribution >= 0.6 is 0 Å². The van der Waals surface area contributed by atoms with Crippen LogP contribution in [0, 0.1) is 0 Å². The number of fused-ring (bicyclic) bond motifs is 2. The van der Waals surface area contributed by atoms with E-state index in [1.165, 1.54) is 24.0 Å². The summed E-state index contributed by atoms with van der Waals surface area (Å²) in [7, 11) is 3.90. The zero-order valence-electron chi connectivity index (χ0n) is 15.6. The molecule has 1 aromatic carbocycles. The van der Waals surface area contributed by atoms with Crippen LogP contribution in [0.15, 0.2) is 35.9 Å². The first-order chi connectivity index (χ1) is 12.0. The van der Waals surface area contributed by atoms with Crippen molar-refractivity contribution < 1.29 is 9.53 Å². The minimum Gasteiger partial charge on any atom is -0.497 e. The Bertz CT molecular complexity index is 607. The Balaban J connectivity index is 1.45. The molecule has 4 heteroatoms. The normalized spacial score (nSPS) is 25.8. The Kier molecular flexibility index (Phi) is 5.79. The molecular weight excluding hydrogens is 312 g/mol. The van der Waals surface area contributed by atoms with Crippen LogP contribution in [0.25, 0.3) is 0 Å². The Labute approximate surface area is 151 Å². The van der Waals surface area contributed by atoms with Crippen molar-refractivity contribution in [2.75, 3.05) is 14.2 Å². The molecule has 0 spiro atoms. The summed E-state index contributed by atoms with van der Waals surface area (Å²) in [6, 6.07) is 9.60. The number of methoxy groups -OCH3 is 1. The molecule has 2 heterocycles. The number of rotatable bonds is 6. The molecule has 0 aromatic heterocycles. The number of hydrogen-bond donors (Lipinski definition) is 1. The van der Waals surface area contributed by atoms with Gasteiger partial charge in [0, 0.05) is 24.2 Å². The second-order valence-corrected chi connectivity index (χ2v) is 7.56. The molecular formula is C21H30N2O2. The van der Waals surface area contributed by atoms with Crippen LogP contribution in [0.3, 0.4) is 0 Å². The maximum Gasteiger partial charge on any atom is 0.244 e. The highest BCUT2D eigenvalue weighted by molar-refractivity contribution is 5.88. The molecule has 2 aliphatic rings. The van der Waals surface area contributed by atoms with E-state index in [2.05, 4.69) is 36.3 Å². The van der Waals surface area contributed by atoms with Gasteiger partial charge in [-0.3, -0.25) is 9.69 Å². The number of carbonyl (C=O) groups is 1. The third kappa shape index (κ3) is 4.63. The first-order valence-electron chi connectivity index (χ1n) is 9.40. The number of carbonyl (C=O) groups excluding carboxylic acids is 1. The zero-order chi connectivity index (χ0) is 17.8. The third-order valence-corrected chi connectivity index (χ3v) is 5.73. The summed E-state index contributed by atoms with van der Waals surface area (Å²) in [5.41, 5.74) is 2.60. The number of amides is 1. The van der Waals surface area contributed by atoms with Gasteiger partial charge >= 0.3 is 0 Å². The highest BCUT2D eigenvalue weighted by Crippen LogP contribution is 2.36. The molecule has 2 bridgehead atoms. The highest BCUT2D eigenvalue weighted by atomic mass is 16.5. The van der Waals surface area contributed by atoms with Gasteiger partial charge < -0.3 is 10.1 Å². The molecule has 25 heavy (non-hydrogen) atoms. The van der Waals surface area contributed by atoms with Crippen molar-refractivity contribution in [2.24, 2.45) is 0 Å². The average Bonchev–Trinajstić information content (AvgIpc) is 2.82. The van der Waals surface area contributed by atoms with E-state index in [0.717, 1.165) is 31.4 Å². The topological polar surface area (TPSA) is 41.6 Å². The summed E-state index contributed by atoms with van der Waals surface area (Å²) in [6.07, 6.45) is 8.42. The van der Waals surface area contributed by atoms with Gasteiger partial charge in [0.15, 0.2) is 0 Å². The van der Waals surface area contributed by atoms with E-state index in [0.29, 0.717) is 12.1 Å². The molecule has 2 fully saturated rings.